The van der Waals surface area contributed by atoms with E-state index in [4.69, 9.17) is 9.47 Å². The lowest BCUT2D eigenvalue weighted by atomic mass is 9.93. The average molecular weight is 595 g/mol. The van der Waals surface area contributed by atoms with Gasteiger partial charge in [0.1, 0.15) is 0 Å². The summed E-state index contributed by atoms with van der Waals surface area (Å²) in [4.78, 5) is 24.6. The van der Waals surface area contributed by atoms with Gasteiger partial charge in [0.15, 0.2) is 0 Å². The van der Waals surface area contributed by atoms with Crippen molar-refractivity contribution in [1.82, 2.24) is 0 Å². The van der Waals surface area contributed by atoms with Crippen molar-refractivity contribution in [3.63, 3.8) is 0 Å². The van der Waals surface area contributed by atoms with E-state index < -0.39 is 11.9 Å². The minimum atomic E-state index is -0.461. The highest BCUT2D eigenvalue weighted by Gasteiger charge is 2.22. The molecule has 2 aromatic carbocycles. The van der Waals surface area contributed by atoms with E-state index in [9.17, 15) is 19.8 Å². The molecule has 0 heterocycles. The second-order valence-electron chi connectivity index (χ2n) is 12.0. The Morgan fingerprint density at radius 3 is 2.09 bits per heavy atom. The van der Waals surface area contributed by atoms with Gasteiger partial charge in [0, 0.05) is 30.6 Å². The fraction of sp³-hybridized carbons (Fsp3) is 0.568. The quantitative estimate of drug-likeness (QED) is 0.0897. The van der Waals surface area contributed by atoms with Gasteiger partial charge in [-0.05, 0) is 73.3 Å². The second kappa shape index (κ2) is 20.1. The standard InChI is InChI=1S/C37H54O6/c1-6-8-9-10-11-12-33-19-20-35(22-32(33)7-2)34-17-15-29(16-18-34)13-14-30(25-42-36(40)27(3)4)26-43-37(41)28(5)21-31(23-38)24-39/h15-20,22,28,30-31,38-39H,3,6-14,21,23-26H2,1-2,4-5H3. The molecule has 6 heteroatoms. The van der Waals surface area contributed by atoms with Crippen molar-refractivity contribution in [3.05, 3.63) is 71.3 Å². The molecule has 0 aliphatic heterocycles. The van der Waals surface area contributed by atoms with Crippen LogP contribution in [0.4, 0.5) is 0 Å². The van der Waals surface area contributed by atoms with Crippen LogP contribution < -0.4 is 0 Å². The van der Waals surface area contributed by atoms with Crippen molar-refractivity contribution in [3.8, 4) is 11.1 Å². The van der Waals surface area contributed by atoms with Gasteiger partial charge in [-0.3, -0.25) is 4.79 Å². The third-order valence-electron chi connectivity index (χ3n) is 8.13. The number of aryl methyl sites for hydroxylation is 3. The molecule has 0 amide bonds. The third-order valence-corrected chi connectivity index (χ3v) is 8.13. The monoisotopic (exact) mass is 594 g/mol. The van der Waals surface area contributed by atoms with Crippen LogP contribution in [0.2, 0.25) is 0 Å². The van der Waals surface area contributed by atoms with Gasteiger partial charge in [-0.25, -0.2) is 4.79 Å². The van der Waals surface area contributed by atoms with Gasteiger partial charge >= 0.3 is 11.9 Å². The molecule has 0 aromatic heterocycles. The maximum absolute atomic E-state index is 12.6. The molecule has 0 saturated carbocycles. The van der Waals surface area contributed by atoms with Crippen molar-refractivity contribution in [2.45, 2.75) is 91.9 Å². The van der Waals surface area contributed by atoms with Crippen LogP contribution in [0.5, 0.6) is 0 Å². The lowest BCUT2D eigenvalue weighted by Crippen LogP contribution is -2.26. The number of aliphatic hydroxyl groups excluding tert-OH is 2. The molecule has 0 fully saturated rings. The van der Waals surface area contributed by atoms with Crippen LogP contribution in [0, 0.1) is 17.8 Å². The number of ether oxygens (including phenoxy) is 2. The summed E-state index contributed by atoms with van der Waals surface area (Å²) in [5.41, 5.74) is 6.80. The number of unbranched alkanes of at least 4 members (excludes halogenated alkanes) is 4. The van der Waals surface area contributed by atoms with E-state index in [0.29, 0.717) is 18.4 Å². The topological polar surface area (TPSA) is 93.1 Å². The van der Waals surface area contributed by atoms with Gasteiger partial charge in [0.05, 0.1) is 19.1 Å². The first-order chi connectivity index (χ1) is 20.7. The molecule has 2 atom stereocenters. The number of rotatable bonds is 21. The molecule has 0 aliphatic carbocycles. The zero-order valence-electron chi connectivity index (χ0n) is 26.9. The Balaban J connectivity index is 2.00. The Morgan fingerprint density at radius 1 is 0.814 bits per heavy atom. The summed E-state index contributed by atoms with van der Waals surface area (Å²) in [6.45, 7) is 11.3. The van der Waals surface area contributed by atoms with E-state index in [1.54, 1.807) is 13.8 Å². The molecule has 2 aromatic rings. The van der Waals surface area contributed by atoms with Crippen molar-refractivity contribution in [1.29, 1.82) is 0 Å². The summed E-state index contributed by atoms with van der Waals surface area (Å²) >= 11 is 0. The molecule has 2 N–H and O–H groups in total. The van der Waals surface area contributed by atoms with E-state index in [2.05, 4.69) is 62.9 Å². The van der Waals surface area contributed by atoms with Crippen LogP contribution in [0.25, 0.3) is 11.1 Å². The van der Waals surface area contributed by atoms with Crippen LogP contribution in [0.15, 0.2) is 54.6 Å². The zero-order valence-corrected chi connectivity index (χ0v) is 26.9. The highest BCUT2D eigenvalue weighted by atomic mass is 16.5. The molecule has 0 spiro atoms. The van der Waals surface area contributed by atoms with Gasteiger partial charge in [0.2, 0.25) is 0 Å². The van der Waals surface area contributed by atoms with Crippen LogP contribution in [-0.4, -0.2) is 48.6 Å². The smallest absolute Gasteiger partial charge is 0.333 e. The number of aliphatic hydroxyl groups is 2. The number of benzene rings is 2. The molecule has 238 valence electrons. The maximum atomic E-state index is 12.6. The summed E-state index contributed by atoms with van der Waals surface area (Å²) in [5, 5.41) is 18.6. The fourth-order valence-electron chi connectivity index (χ4n) is 5.21. The predicted octanol–water partition coefficient (Wildman–Crippen LogP) is 7.27. The van der Waals surface area contributed by atoms with Crippen LogP contribution >= 0.6 is 0 Å². The third kappa shape index (κ3) is 13.1. The molecule has 6 nitrogen and oxygen atoms in total. The molecular weight excluding hydrogens is 540 g/mol. The Labute approximate surface area is 259 Å². The van der Waals surface area contributed by atoms with Crippen LogP contribution in [0.3, 0.4) is 0 Å². The zero-order chi connectivity index (χ0) is 31.6. The number of hydrogen-bond acceptors (Lipinski definition) is 6. The fourth-order valence-corrected chi connectivity index (χ4v) is 5.21. The molecular formula is C37H54O6. The Bertz CT molecular complexity index is 1120. The first kappa shape index (κ1) is 36.2. The Morgan fingerprint density at radius 2 is 1.47 bits per heavy atom. The normalized spacial score (nSPS) is 12.6. The number of carbonyl (C=O) groups is 2. The van der Waals surface area contributed by atoms with Crippen molar-refractivity contribution in [2.24, 2.45) is 17.8 Å². The van der Waals surface area contributed by atoms with E-state index in [1.165, 1.54) is 54.4 Å². The number of carbonyl (C=O) groups excluding carboxylic acids is 2. The minimum absolute atomic E-state index is 0.123. The molecule has 2 rings (SSSR count). The van der Waals surface area contributed by atoms with Crippen LogP contribution in [0.1, 0.15) is 89.3 Å². The van der Waals surface area contributed by atoms with E-state index in [0.717, 1.165) is 24.8 Å². The number of hydrogen-bond donors (Lipinski definition) is 2. The molecule has 2 unspecified atom stereocenters. The molecule has 43 heavy (non-hydrogen) atoms. The minimum Gasteiger partial charge on any atom is -0.465 e. The van der Waals surface area contributed by atoms with Gasteiger partial charge in [0.25, 0.3) is 0 Å². The molecule has 0 aliphatic rings. The van der Waals surface area contributed by atoms with Crippen LogP contribution in [-0.2, 0) is 38.3 Å². The first-order valence-electron chi connectivity index (χ1n) is 16.1. The van der Waals surface area contributed by atoms with E-state index in [-0.39, 0.29) is 44.2 Å². The lowest BCUT2D eigenvalue weighted by molar-refractivity contribution is -0.151. The first-order valence-corrected chi connectivity index (χ1v) is 16.1. The van der Waals surface area contributed by atoms with E-state index >= 15 is 0 Å². The summed E-state index contributed by atoms with van der Waals surface area (Å²) < 4.78 is 11.0. The van der Waals surface area contributed by atoms with Gasteiger partial charge in [-0.1, -0.05) is 95.5 Å². The number of esters is 2. The van der Waals surface area contributed by atoms with Gasteiger partial charge < -0.3 is 19.7 Å². The predicted molar refractivity (Wildman–Crippen MR) is 174 cm³/mol. The second-order valence-corrected chi connectivity index (χ2v) is 12.0. The van der Waals surface area contributed by atoms with Gasteiger partial charge in [-0.2, -0.15) is 0 Å². The summed E-state index contributed by atoms with van der Waals surface area (Å²) in [5.74, 6) is -1.83. The van der Waals surface area contributed by atoms with Crippen molar-refractivity contribution >= 4 is 11.9 Å². The average Bonchev–Trinajstić information content (AvgIpc) is 3.02. The highest BCUT2D eigenvalue weighted by molar-refractivity contribution is 5.86. The Kier molecular flexibility index (Phi) is 16.9. The SMILES string of the molecule is C=C(C)C(=O)OCC(CCc1ccc(-c2ccc(CCCCCCC)c(CC)c2)cc1)COC(=O)C(C)CC(CO)CO. The van der Waals surface area contributed by atoms with E-state index in [1.807, 2.05) is 0 Å². The summed E-state index contributed by atoms with van der Waals surface area (Å²) in [6.07, 6.45) is 10.4. The Hall–Kier alpha value is -2.96. The maximum Gasteiger partial charge on any atom is 0.333 e. The van der Waals surface area contributed by atoms with Gasteiger partial charge in [-0.15, -0.1) is 0 Å². The molecule has 0 bridgehead atoms. The molecule has 0 radical (unpaired) electrons. The van der Waals surface area contributed by atoms with Crippen molar-refractivity contribution < 1.29 is 29.3 Å². The summed E-state index contributed by atoms with van der Waals surface area (Å²) in [7, 11) is 0. The summed E-state index contributed by atoms with van der Waals surface area (Å²) in [6, 6.07) is 15.5. The largest absolute Gasteiger partial charge is 0.465 e. The lowest BCUT2D eigenvalue weighted by Gasteiger charge is -2.20. The molecule has 0 saturated heterocycles. The highest BCUT2D eigenvalue weighted by Crippen LogP contribution is 2.26. The van der Waals surface area contributed by atoms with Crippen molar-refractivity contribution in [2.75, 3.05) is 26.4 Å².